The van der Waals surface area contributed by atoms with Gasteiger partial charge in [0.15, 0.2) is 0 Å². The number of carbonyl (C=O) groups excluding carboxylic acids is 1. The number of carboxylic acids is 1. The molecule has 0 aliphatic carbocycles. The zero-order valence-electron chi connectivity index (χ0n) is 15.7. The van der Waals surface area contributed by atoms with Gasteiger partial charge in [0.2, 0.25) is 0 Å². The number of pyridine rings is 1. The number of benzene rings is 1. The van der Waals surface area contributed by atoms with E-state index in [2.05, 4.69) is 19.2 Å². The highest BCUT2D eigenvalue weighted by molar-refractivity contribution is 5.98. The number of ether oxygens (including phenoxy) is 1. The fraction of sp³-hybridized carbons (Fsp3) is 0.350. The quantitative estimate of drug-likeness (QED) is 0.694. The summed E-state index contributed by atoms with van der Waals surface area (Å²) in [6.07, 6.45) is 0. The molecule has 0 saturated carbocycles. The summed E-state index contributed by atoms with van der Waals surface area (Å²) in [5, 5.41) is 21.3. The fourth-order valence-corrected chi connectivity index (χ4v) is 3.18. The molecule has 1 aromatic heterocycles. The van der Waals surface area contributed by atoms with Crippen molar-refractivity contribution in [3.63, 3.8) is 0 Å². The van der Waals surface area contributed by atoms with Gasteiger partial charge in [-0.05, 0) is 17.0 Å². The van der Waals surface area contributed by atoms with E-state index in [0.29, 0.717) is 17.2 Å². The number of aromatic nitrogens is 1. The highest BCUT2D eigenvalue weighted by Crippen LogP contribution is 2.30. The predicted octanol–water partition coefficient (Wildman–Crippen LogP) is 1.57. The van der Waals surface area contributed by atoms with Crippen molar-refractivity contribution in [3.8, 4) is 5.75 Å². The second kappa shape index (κ2) is 7.85. The van der Waals surface area contributed by atoms with Crippen LogP contribution in [-0.4, -0.2) is 33.2 Å². The van der Waals surface area contributed by atoms with Gasteiger partial charge in [-0.1, -0.05) is 38.1 Å². The first kappa shape index (κ1) is 19.6. The molecular formula is C20H22N2O6. The van der Waals surface area contributed by atoms with E-state index in [0.717, 1.165) is 5.56 Å². The highest BCUT2D eigenvalue weighted by atomic mass is 16.5. The fourth-order valence-electron chi connectivity index (χ4n) is 3.18. The number of aromatic hydroxyl groups is 1. The molecule has 0 atom stereocenters. The van der Waals surface area contributed by atoms with Crippen LogP contribution in [0.4, 0.5) is 0 Å². The molecule has 8 nitrogen and oxygen atoms in total. The third kappa shape index (κ3) is 3.77. The van der Waals surface area contributed by atoms with Crippen molar-refractivity contribution >= 4 is 11.9 Å². The first-order valence-electron chi connectivity index (χ1n) is 8.93. The van der Waals surface area contributed by atoms with E-state index in [4.69, 9.17) is 9.84 Å². The highest BCUT2D eigenvalue weighted by Gasteiger charge is 2.29. The summed E-state index contributed by atoms with van der Waals surface area (Å²) in [6, 6.07) is 7.81. The van der Waals surface area contributed by atoms with Gasteiger partial charge in [0, 0.05) is 5.56 Å². The van der Waals surface area contributed by atoms with E-state index in [-0.39, 0.29) is 19.8 Å². The molecule has 2 aromatic rings. The van der Waals surface area contributed by atoms with Gasteiger partial charge in [-0.25, -0.2) is 0 Å². The molecule has 0 saturated heterocycles. The standard InChI is InChI=1S/C20H22N2O6/c1-11(2)13-5-3-12(4-6-13)8-22-15-10-28-9-14(15)18(25)17(20(22)27)19(26)21-7-16(23)24/h3-6,11,25H,7-10H2,1-2H3,(H,21,26)(H,23,24). The zero-order valence-corrected chi connectivity index (χ0v) is 15.7. The lowest BCUT2D eigenvalue weighted by Gasteiger charge is -2.16. The molecule has 8 heteroatoms. The van der Waals surface area contributed by atoms with Gasteiger partial charge in [-0.2, -0.15) is 0 Å². The van der Waals surface area contributed by atoms with Gasteiger partial charge < -0.3 is 24.8 Å². The molecule has 0 fully saturated rings. The average Bonchev–Trinajstić information content (AvgIpc) is 3.14. The molecule has 2 heterocycles. The van der Waals surface area contributed by atoms with Crippen LogP contribution >= 0.6 is 0 Å². The molecule has 3 rings (SSSR count). The van der Waals surface area contributed by atoms with Crippen LogP contribution in [0.1, 0.15) is 52.5 Å². The van der Waals surface area contributed by atoms with Gasteiger partial charge in [0.1, 0.15) is 17.9 Å². The topological polar surface area (TPSA) is 118 Å². The number of hydrogen-bond acceptors (Lipinski definition) is 5. The maximum absolute atomic E-state index is 13.0. The van der Waals surface area contributed by atoms with Crippen molar-refractivity contribution in [1.82, 2.24) is 9.88 Å². The molecule has 1 aliphatic rings. The Labute approximate surface area is 161 Å². The van der Waals surface area contributed by atoms with Crippen molar-refractivity contribution in [1.29, 1.82) is 0 Å². The Morgan fingerprint density at radius 3 is 2.50 bits per heavy atom. The number of nitrogens with zero attached hydrogens (tertiary/aromatic N) is 1. The van der Waals surface area contributed by atoms with Crippen molar-refractivity contribution < 1.29 is 24.5 Å². The Kier molecular flexibility index (Phi) is 5.51. The van der Waals surface area contributed by atoms with Crippen LogP contribution in [0, 0.1) is 0 Å². The summed E-state index contributed by atoms with van der Waals surface area (Å²) in [7, 11) is 0. The van der Waals surface area contributed by atoms with Crippen LogP contribution in [0.3, 0.4) is 0 Å². The predicted molar refractivity (Wildman–Crippen MR) is 100 cm³/mol. The number of nitrogens with one attached hydrogen (secondary N) is 1. The Bertz CT molecular complexity index is 976. The van der Waals surface area contributed by atoms with E-state index < -0.39 is 35.3 Å². The van der Waals surface area contributed by atoms with E-state index in [1.54, 1.807) is 0 Å². The number of carbonyl (C=O) groups is 2. The summed E-state index contributed by atoms with van der Waals surface area (Å²) >= 11 is 0. The summed E-state index contributed by atoms with van der Waals surface area (Å²) in [4.78, 5) is 36.0. The Balaban J connectivity index is 2.02. The van der Waals surface area contributed by atoms with Crippen molar-refractivity contribution in [3.05, 3.63) is 62.6 Å². The van der Waals surface area contributed by atoms with Crippen LogP contribution in [0.5, 0.6) is 5.75 Å². The van der Waals surface area contributed by atoms with Gasteiger partial charge in [-0.3, -0.25) is 14.4 Å². The van der Waals surface area contributed by atoms with Crippen LogP contribution in [0.2, 0.25) is 0 Å². The Hall–Kier alpha value is -3.13. The SMILES string of the molecule is CC(C)c1ccc(Cn2c3c(c(O)c(C(=O)NCC(=O)O)c2=O)COC3)cc1. The second-order valence-electron chi connectivity index (χ2n) is 7.01. The van der Waals surface area contributed by atoms with E-state index in [1.807, 2.05) is 24.3 Å². The number of hydrogen-bond donors (Lipinski definition) is 3. The van der Waals surface area contributed by atoms with E-state index in [9.17, 15) is 19.5 Å². The molecule has 148 valence electrons. The Morgan fingerprint density at radius 2 is 1.89 bits per heavy atom. The van der Waals surface area contributed by atoms with Crippen LogP contribution in [0.25, 0.3) is 0 Å². The minimum atomic E-state index is -1.25. The van der Waals surface area contributed by atoms with Gasteiger partial charge in [0.05, 0.1) is 25.5 Å². The van der Waals surface area contributed by atoms with Crippen molar-refractivity contribution in [2.24, 2.45) is 0 Å². The molecule has 1 amide bonds. The lowest BCUT2D eigenvalue weighted by atomic mass is 10.0. The minimum absolute atomic E-state index is 0.0763. The Morgan fingerprint density at radius 1 is 1.21 bits per heavy atom. The number of fused-ring (bicyclic) bond motifs is 1. The number of carboxylic acid groups (broad SMARTS) is 1. The molecule has 3 N–H and O–H groups in total. The van der Waals surface area contributed by atoms with Crippen molar-refractivity contribution in [2.45, 2.75) is 39.5 Å². The average molecular weight is 386 g/mol. The molecule has 1 aliphatic heterocycles. The monoisotopic (exact) mass is 386 g/mol. The third-order valence-electron chi connectivity index (χ3n) is 4.76. The molecule has 0 unspecified atom stereocenters. The largest absolute Gasteiger partial charge is 0.506 e. The summed E-state index contributed by atoms with van der Waals surface area (Å²) in [6.45, 7) is 3.97. The molecule has 28 heavy (non-hydrogen) atoms. The molecular weight excluding hydrogens is 364 g/mol. The van der Waals surface area contributed by atoms with Gasteiger partial charge in [0.25, 0.3) is 11.5 Å². The number of aliphatic carboxylic acids is 1. The third-order valence-corrected chi connectivity index (χ3v) is 4.76. The molecule has 1 aromatic carbocycles. The maximum Gasteiger partial charge on any atom is 0.322 e. The number of amides is 1. The van der Waals surface area contributed by atoms with Gasteiger partial charge >= 0.3 is 5.97 Å². The van der Waals surface area contributed by atoms with Crippen LogP contribution in [-0.2, 0) is 29.3 Å². The van der Waals surface area contributed by atoms with Crippen LogP contribution < -0.4 is 10.9 Å². The van der Waals surface area contributed by atoms with E-state index in [1.165, 1.54) is 10.1 Å². The second-order valence-corrected chi connectivity index (χ2v) is 7.01. The summed E-state index contributed by atoms with van der Waals surface area (Å²) < 4.78 is 6.77. The lowest BCUT2D eigenvalue weighted by molar-refractivity contribution is -0.135. The summed E-state index contributed by atoms with van der Waals surface area (Å²) in [5.41, 5.74) is 1.78. The normalized spacial score (nSPS) is 12.8. The van der Waals surface area contributed by atoms with E-state index >= 15 is 0 Å². The maximum atomic E-state index is 13.0. The van der Waals surface area contributed by atoms with Crippen molar-refractivity contribution in [2.75, 3.05) is 6.54 Å². The van der Waals surface area contributed by atoms with Gasteiger partial charge in [-0.15, -0.1) is 0 Å². The molecule has 0 radical (unpaired) electrons. The number of rotatable bonds is 6. The summed E-state index contributed by atoms with van der Waals surface area (Å²) in [5.74, 6) is -2.24. The first-order valence-corrected chi connectivity index (χ1v) is 8.93. The lowest BCUT2D eigenvalue weighted by Crippen LogP contribution is -2.37. The molecule has 0 spiro atoms. The van der Waals surface area contributed by atoms with Crippen LogP contribution in [0.15, 0.2) is 29.1 Å². The minimum Gasteiger partial charge on any atom is -0.506 e. The molecule has 0 bridgehead atoms. The zero-order chi connectivity index (χ0) is 20.4. The smallest absolute Gasteiger partial charge is 0.322 e. The first-order chi connectivity index (χ1) is 13.3.